The Morgan fingerprint density at radius 1 is 1.14 bits per heavy atom. The Kier molecular flexibility index (Phi) is 11.5. The van der Waals surface area contributed by atoms with Crippen molar-refractivity contribution in [3.8, 4) is 11.6 Å². The van der Waals surface area contributed by atoms with E-state index >= 15 is 0 Å². The van der Waals surface area contributed by atoms with Crippen LogP contribution in [0.25, 0.3) is 10.9 Å². The lowest BCUT2D eigenvalue weighted by molar-refractivity contribution is -0.142. The van der Waals surface area contributed by atoms with Crippen molar-refractivity contribution in [1.82, 2.24) is 25.4 Å². The number of aromatic nitrogens is 1. The first-order chi connectivity index (χ1) is 26.8. The molecule has 1 unspecified atom stereocenters. The van der Waals surface area contributed by atoms with Gasteiger partial charge in [0.2, 0.25) is 23.6 Å². The van der Waals surface area contributed by atoms with Crippen molar-refractivity contribution in [1.29, 1.82) is 0 Å². The quantitative estimate of drug-likeness (QED) is 0.334. The number of morpholine rings is 1. The first-order valence-corrected chi connectivity index (χ1v) is 20.4. The molecule has 0 radical (unpaired) electrons. The average Bonchev–Trinajstić information content (AvgIpc) is 4.04. The van der Waals surface area contributed by atoms with Gasteiger partial charge >= 0.3 is 6.09 Å². The number of rotatable bonds is 8. The van der Waals surface area contributed by atoms with Crippen molar-refractivity contribution in [2.45, 2.75) is 115 Å². The topological polar surface area (TPSA) is 175 Å². The minimum atomic E-state index is -1.28. The Balaban J connectivity index is 1.24. The smallest absolute Gasteiger partial charge is 0.408 e. The summed E-state index contributed by atoms with van der Waals surface area (Å²) in [6.07, 6.45) is 5.56. The van der Waals surface area contributed by atoms with Crippen LogP contribution in [0.4, 0.5) is 4.79 Å². The van der Waals surface area contributed by atoms with Gasteiger partial charge in [0, 0.05) is 30.8 Å². The van der Waals surface area contributed by atoms with E-state index in [0.29, 0.717) is 43.2 Å². The van der Waals surface area contributed by atoms with Crippen molar-refractivity contribution in [3.05, 3.63) is 42.5 Å². The fourth-order valence-electron chi connectivity index (χ4n) is 8.58. The number of primary amides is 1. The van der Waals surface area contributed by atoms with Gasteiger partial charge in [0.1, 0.15) is 48.3 Å². The van der Waals surface area contributed by atoms with Crippen LogP contribution in [0.1, 0.15) is 78.2 Å². The zero-order valence-corrected chi connectivity index (χ0v) is 33.2. The van der Waals surface area contributed by atoms with Crippen molar-refractivity contribution < 1.29 is 38.1 Å². The molecule has 8 atom stereocenters. The van der Waals surface area contributed by atoms with Crippen LogP contribution in [0.3, 0.4) is 0 Å². The number of para-hydroxylation sites is 1. The van der Waals surface area contributed by atoms with E-state index < -0.39 is 53.0 Å². The number of hydrogen-bond donors (Lipinski definition) is 3. The minimum Gasteiger partial charge on any atom is -0.490 e. The van der Waals surface area contributed by atoms with Crippen LogP contribution < -0.4 is 25.8 Å². The third-order valence-electron chi connectivity index (χ3n) is 12.2. The molecule has 7 rings (SSSR count). The first kappa shape index (κ1) is 39.8. The molecule has 4 fully saturated rings. The Labute approximate surface area is 329 Å². The summed E-state index contributed by atoms with van der Waals surface area (Å²) >= 11 is 0. The molecule has 2 bridgehead atoms. The SMILES string of the molecule is C=C[C@@H]1C[C@]1(NC(=O)[C@@H]1C[C@@H]2CN1C(=O)[C@H](C(C)(C)C)NC(=O)O[C@@H]1C[C@H]1CCCCCc1c(nc3ccccc3c1OCC1CN(CC)CCO1)O2)C(N)=O. The van der Waals surface area contributed by atoms with E-state index in [1.165, 1.54) is 4.90 Å². The monoisotopic (exact) mass is 774 g/mol. The fraction of sp³-hybridized carbons (Fsp3) is 0.643. The Bertz CT molecular complexity index is 1830. The lowest BCUT2D eigenvalue weighted by Gasteiger charge is -2.35. The maximum absolute atomic E-state index is 14.6. The van der Waals surface area contributed by atoms with Crippen molar-refractivity contribution in [2.75, 3.05) is 39.4 Å². The summed E-state index contributed by atoms with van der Waals surface area (Å²) in [4.78, 5) is 63.6. The molecule has 2 saturated carbocycles. The molecule has 56 heavy (non-hydrogen) atoms. The number of benzene rings is 1. The molecule has 14 heteroatoms. The summed E-state index contributed by atoms with van der Waals surface area (Å²) in [6.45, 7) is 15.2. The van der Waals surface area contributed by atoms with Gasteiger partial charge < -0.3 is 40.2 Å². The number of alkyl carbamates (subject to hydrolysis) is 1. The molecule has 3 aliphatic heterocycles. The zero-order chi connectivity index (χ0) is 39.8. The van der Waals surface area contributed by atoms with Gasteiger partial charge in [-0.3, -0.25) is 19.3 Å². The molecule has 2 saturated heterocycles. The normalized spacial score (nSPS) is 31.4. The number of ether oxygens (including phenoxy) is 4. The van der Waals surface area contributed by atoms with Crippen molar-refractivity contribution >= 4 is 34.7 Å². The van der Waals surface area contributed by atoms with Crippen LogP contribution >= 0.6 is 0 Å². The minimum absolute atomic E-state index is 0.0340. The molecular formula is C42H58N6O8. The third-order valence-corrected chi connectivity index (χ3v) is 12.2. The van der Waals surface area contributed by atoms with E-state index in [0.717, 1.165) is 62.7 Å². The second-order valence-corrected chi connectivity index (χ2v) is 17.3. The van der Waals surface area contributed by atoms with Gasteiger partial charge in [-0.2, -0.15) is 0 Å². The van der Waals surface area contributed by atoms with E-state index in [2.05, 4.69) is 29.0 Å². The predicted molar refractivity (Wildman–Crippen MR) is 209 cm³/mol. The number of pyridine rings is 1. The number of amides is 4. The molecule has 1 aromatic carbocycles. The van der Waals surface area contributed by atoms with E-state index in [4.69, 9.17) is 29.7 Å². The Morgan fingerprint density at radius 3 is 2.68 bits per heavy atom. The van der Waals surface area contributed by atoms with Gasteiger partial charge in [0.25, 0.3) is 0 Å². The fourth-order valence-corrected chi connectivity index (χ4v) is 8.58. The second-order valence-electron chi connectivity index (χ2n) is 17.3. The van der Waals surface area contributed by atoms with Crippen LogP contribution in [0.15, 0.2) is 36.9 Å². The molecule has 2 aromatic rings. The van der Waals surface area contributed by atoms with E-state index in [9.17, 15) is 19.2 Å². The van der Waals surface area contributed by atoms with Crippen LogP contribution in [0, 0.1) is 17.3 Å². The maximum atomic E-state index is 14.6. The number of fused-ring (bicyclic) bond motifs is 5. The molecule has 4 amide bonds. The van der Waals surface area contributed by atoms with E-state index in [-0.39, 0.29) is 37.0 Å². The summed E-state index contributed by atoms with van der Waals surface area (Å²) in [6, 6.07) is 5.78. The molecular weight excluding hydrogens is 716 g/mol. The average molecular weight is 775 g/mol. The number of nitrogens with one attached hydrogen (secondary N) is 2. The van der Waals surface area contributed by atoms with Gasteiger partial charge in [-0.1, -0.05) is 58.7 Å². The van der Waals surface area contributed by atoms with E-state index in [1.807, 2.05) is 45.0 Å². The molecule has 304 valence electrons. The molecule has 14 nitrogen and oxygen atoms in total. The van der Waals surface area contributed by atoms with Gasteiger partial charge in [-0.05, 0) is 62.1 Å². The molecule has 2 aliphatic carbocycles. The van der Waals surface area contributed by atoms with Gasteiger partial charge in [0.05, 0.1) is 24.2 Å². The highest BCUT2D eigenvalue weighted by molar-refractivity contribution is 5.98. The Hall–Kier alpha value is -4.43. The largest absolute Gasteiger partial charge is 0.490 e. The number of likely N-dealkylation sites (N-methyl/N-ethyl adjacent to an activating group) is 1. The number of carbonyl (C=O) groups excluding carboxylic acids is 4. The van der Waals surface area contributed by atoms with Crippen LogP contribution in [0.5, 0.6) is 11.6 Å². The predicted octanol–water partition coefficient (Wildman–Crippen LogP) is 3.87. The molecule has 5 aliphatic rings. The third kappa shape index (κ3) is 8.46. The van der Waals surface area contributed by atoms with Crippen LogP contribution in [-0.2, 0) is 30.3 Å². The molecule has 0 spiro atoms. The number of nitrogens with zero attached hydrogens (tertiary/aromatic N) is 3. The summed E-state index contributed by atoms with van der Waals surface area (Å²) < 4.78 is 25.4. The van der Waals surface area contributed by atoms with Gasteiger partial charge in [-0.25, -0.2) is 9.78 Å². The van der Waals surface area contributed by atoms with Crippen LogP contribution in [0.2, 0.25) is 0 Å². The number of hydrogen-bond acceptors (Lipinski definition) is 10. The Morgan fingerprint density at radius 2 is 1.95 bits per heavy atom. The summed E-state index contributed by atoms with van der Waals surface area (Å²) in [5.74, 6) is -0.588. The summed E-state index contributed by atoms with van der Waals surface area (Å²) in [5.41, 5.74) is 5.31. The van der Waals surface area contributed by atoms with Crippen molar-refractivity contribution in [3.63, 3.8) is 0 Å². The van der Waals surface area contributed by atoms with Gasteiger partial charge in [-0.15, -0.1) is 6.58 Å². The molecule has 1 aromatic heterocycles. The number of nitrogens with two attached hydrogens (primary N) is 1. The summed E-state index contributed by atoms with van der Waals surface area (Å²) in [5, 5.41) is 6.59. The summed E-state index contributed by atoms with van der Waals surface area (Å²) in [7, 11) is 0. The van der Waals surface area contributed by atoms with Crippen LogP contribution in [-0.4, -0.2) is 114 Å². The zero-order valence-electron chi connectivity index (χ0n) is 33.2. The second kappa shape index (κ2) is 16.2. The maximum Gasteiger partial charge on any atom is 0.408 e. The van der Waals surface area contributed by atoms with Crippen molar-refractivity contribution in [2.24, 2.45) is 23.0 Å². The number of carbonyl (C=O) groups is 4. The highest BCUT2D eigenvalue weighted by Crippen LogP contribution is 2.45. The molecule has 4 N–H and O–H groups in total. The highest BCUT2D eigenvalue weighted by Gasteiger charge is 2.60. The highest BCUT2D eigenvalue weighted by atomic mass is 16.6. The van der Waals surface area contributed by atoms with E-state index in [1.54, 1.807) is 6.08 Å². The lowest BCUT2D eigenvalue weighted by atomic mass is 9.85. The van der Waals surface area contributed by atoms with Gasteiger partial charge in [0.15, 0.2) is 0 Å². The molecule has 4 heterocycles. The standard InChI is InChI=1S/C42H58N6O8/c1-6-26-21-42(26,39(43)51)46-36(49)32-20-27-23-48(32)38(50)35(41(3,4)5)45-40(52)56-33-19-25(33)13-9-8-10-15-30-34(54-24-28-22-47(7-2)17-18-53-28)29-14-11-12-16-31(29)44-37(30)55-27/h6,11-12,14,16,25-28,32-33,35H,1,7-10,13,15,17-24H2,2-5H3,(H2,43,51)(H,45,52)(H,46,49)/t25-,26-,27-,28?,32+,33-,35-,42-/m1/s1. The first-order valence-electron chi connectivity index (χ1n) is 20.4. The lowest BCUT2D eigenvalue weighted by Crippen LogP contribution is -2.59.